The van der Waals surface area contributed by atoms with Gasteiger partial charge in [-0.3, -0.25) is 4.79 Å². The summed E-state index contributed by atoms with van der Waals surface area (Å²) in [6.45, 7) is 4.14. The van der Waals surface area contributed by atoms with Crippen molar-refractivity contribution < 1.29 is 9.21 Å². The Morgan fingerprint density at radius 1 is 1.08 bits per heavy atom. The van der Waals surface area contributed by atoms with Gasteiger partial charge < -0.3 is 9.73 Å². The van der Waals surface area contributed by atoms with Crippen LogP contribution >= 0.6 is 0 Å². The summed E-state index contributed by atoms with van der Waals surface area (Å²) in [6, 6.07) is 14.2. The number of carbonyl (C=O) groups excluding carboxylic acids is 1. The standard InChI is InChI=1S/C21H22N2O2/c1-3-5-20(24)23-18-10-8-16(9-11-18)19-14-17(7-6-15(19)4-2)21-22-12-13-25-21/h6-14H,3-5H2,1-2H3,(H,23,24). The number of rotatable bonds is 6. The zero-order valence-electron chi connectivity index (χ0n) is 14.6. The van der Waals surface area contributed by atoms with E-state index in [-0.39, 0.29) is 5.91 Å². The van der Waals surface area contributed by atoms with Crippen molar-refractivity contribution in [2.45, 2.75) is 33.1 Å². The number of aryl methyl sites for hydroxylation is 1. The van der Waals surface area contributed by atoms with Crippen LogP contribution in [0.3, 0.4) is 0 Å². The van der Waals surface area contributed by atoms with E-state index in [0.29, 0.717) is 12.3 Å². The smallest absolute Gasteiger partial charge is 0.225 e. The first kappa shape index (κ1) is 17.0. The van der Waals surface area contributed by atoms with E-state index in [1.807, 2.05) is 37.3 Å². The number of hydrogen-bond acceptors (Lipinski definition) is 3. The lowest BCUT2D eigenvalue weighted by molar-refractivity contribution is -0.116. The van der Waals surface area contributed by atoms with Gasteiger partial charge in [0.25, 0.3) is 0 Å². The average molecular weight is 334 g/mol. The number of amides is 1. The van der Waals surface area contributed by atoms with Gasteiger partial charge in [-0.05, 0) is 53.8 Å². The van der Waals surface area contributed by atoms with Crippen LogP contribution in [0, 0.1) is 0 Å². The molecular weight excluding hydrogens is 312 g/mol. The van der Waals surface area contributed by atoms with Crippen LogP contribution < -0.4 is 5.32 Å². The quantitative estimate of drug-likeness (QED) is 0.664. The normalized spacial score (nSPS) is 10.6. The van der Waals surface area contributed by atoms with Gasteiger partial charge in [0.05, 0.1) is 6.20 Å². The number of aromatic nitrogens is 1. The Balaban J connectivity index is 1.90. The van der Waals surface area contributed by atoms with Crippen molar-refractivity contribution in [3.63, 3.8) is 0 Å². The summed E-state index contributed by atoms with van der Waals surface area (Å²) >= 11 is 0. The van der Waals surface area contributed by atoms with Gasteiger partial charge in [-0.15, -0.1) is 0 Å². The molecule has 3 rings (SSSR count). The largest absolute Gasteiger partial charge is 0.445 e. The molecule has 25 heavy (non-hydrogen) atoms. The molecule has 0 unspecified atom stereocenters. The van der Waals surface area contributed by atoms with Crippen molar-refractivity contribution >= 4 is 11.6 Å². The molecular formula is C21H22N2O2. The van der Waals surface area contributed by atoms with Crippen LogP contribution in [0.2, 0.25) is 0 Å². The predicted octanol–water partition coefficient (Wildman–Crippen LogP) is 5.31. The van der Waals surface area contributed by atoms with Crippen LogP contribution in [-0.2, 0) is 11.2 Å². The van der Waals surface area contributed by atoms with E-state index in [0.717, 1.165) is 35.2 Å². The van der Waals surface area contributed by atoms with E-state index in [1.165, 1.54) is 5.56 Å². The maximum atomic E-state index is 11.7. The van der Waals surface area contributed by atoms with E-state index in [1.54, 1.807) is 12.5 Å². The van der Waals surface area contributed by atoms with Gasteiger partial charge in [-0.2, -0.15) is 0 Å². The molecule has 0 aliphatic carbocycles. The topological polar surface area (TPSA) is 55.1 Å². The van der Waals surface area contributed by atoms with Crippen molar-refractivity contribution in [3.05, 3.63) is 60.5 Å². The molecule has 1 heterocycles. The summed E-state index contributed by atoms with van der Waals surface area (Å²) in [7, 11) is 0. The van der Waals surface area contributed by atoms with Gasteiger partial charge in [0, 0.05) is 17.7 Å². The van der Waals surface area contributed by atoms with Crippen molar-refractivity contribution in [1.82, 2.24) is 4.98 Å². The van der Waals surface area contributed by atoms with Gasteiger partial charge in [0.1, 0.15) is 6.26 Å². The van der Waals surface area contributed by atoms with E-state index in [9.17, 15) is 4.79 Å². The second-order valence-electron chi connectivity index (χ2n) is 5.94. The summed E-state index contributed by atoms with van der Waals surface area (Å²) in [5.74, 6) is 0.669. The average Bonchev–Trinajstić information content (AvgIpc) is 3.17. The van der Waals surface area contributed by atoms with Crippen LogP contribution in [0.25, 0.3) is 22.6 Å². The second kappa shape index (κ2) is 7.79. The Labute approximate surface area is 147 Å². The molecule has 1 N–H and O–H groups in total. The molecule has 0 saturated carbocycles. The van der Waals surface area contributed by atoms with Gasteiger partial charge in [-0.1, -0.05) is 32.0 Å². The number of nitrogens with one attached hydrogen (secondary N) is 1. The second-order valence-corrected chi connectivity index (χ2v) is 5.94. The van der Waals surface area contributed by atoms with Crippen molar-refractivity contribution in [1.29, 1.82) is 0 Å². The zero-order chi connectivity index (χ0) is 17.6. The molecule has 0 radical (unpaired) electrons. The number of hydrogen-bond donors (Lipinski definition) is 1. The van der Waals surface area contributed by atoms with Gasteiger partial charge in [-0.25, -0.2) is 4.98 Å². The maximum absolute atomic E-state index is 11.7. The third-order valence-corrected chi connectivity index (χ3v) is 4.13. The Morgan fingerprint density at radius 3 is 2.48 bits per heavy atom. The molecule has 0 aliphatic rings. The number of carbonyl (C=O) groups is 1. The number of nitrogens with zero attached hydrogens (tertiary/aromatic N) is 1. The summed E-state index contributed by atoms with van der Waals surface area (Å²) in [4.78, 5) is 15.9. The maximum Gasteiger partial charge on any atom is 0.225 e. The number of anilines is 1. The molecule has 0 aliphatic heterocycles. The molecule has 0 spiro atoms. The minimum Gasteiger partial charge on any atom is -0.445 e. The molecule has 1 amide bonds. The van der Waals surface area contributed by atoms with Crippen LogP contribution in [0.5, 0.6) is 0 Å². The Morgan fingerprint density at radius 2 is 1.84 bits per heavy atom. The highest BCUT2D eigenvalue weighted by molar-refractivity contribution is 5.91. The fourth-order valence-electron chi connectivity index (χ4n) is 2.84. The van der Waals surface area contributed by atoms with Gasteiger partial charge >= 0.3 is 0 Å². The Bertz CT molecular complexity index is 837. The Hall–Kier alpha value is -2.88. The first-order valence-electron chi connectivity index (χ1n) is 8.64. The van der Waals surface area contributed by atoms with Crippen molar-refractivity contribution in [2.24, 2.45) is 0 Å². The highest BCUT2D eigenvalue weighted by Crippen LogP contribution is 2.30. The van der Waals surface area contributed by atoms with E-state index in [2.05, 4.69) is 29.4 Å². The fourth-order valence-corrected chi connectivity index (χ4v) is 2.84. The lowest BCUT2D eigenvalue weighted by Gasteiger charge is -2.11. The summed E-state index contributed by atoms with van der Waals surface area (Å²) < 4.78 is 5.41. The molecule has 2 aromatic carbocycles. The van der Waals surface area contributed by atoms with Crippen LogP contribution in [0.4, 0.5) is 5.69 Å². The monoisotopic (exact) mass is 334 g/mol. The lowest BCUT2D eigenvalue weighted by Crippen LogP contribution is -2.10. The third-order valence-electron chi connectivity index (χ3n) is 4.13. The van der Waals surface area contributed by atoms with Crippen LogP contribution in [0.15, 0.2) is 59.3 Å². The molecule has 1 aromatic heterocycles. The molecule has 128 valence electrons. The van der Waals surface area contributed by atoms with Crippen LogP contribution in [-0.4, -0.2) is 10.9 Å². The molecule has 0 atom stereocenters. The van der Waals surface area contributed by atoms with E-state index in [4.69, 9.17) is 4.42 Å². The summed E-state index contributed by atoms with van der Waals surface area (Å²) in [6.07, 6.45) is 5.56. The zero-order valence-corrected chi connectivity index (χ0v) is 14.6. The highest BCUT2D eigenvalue weighted by Gasteiger charge is 2.09. The molecule has 3 aromatic rings. The Kier molecular flexibility index (Phi) is 5.29. The molecule has 4 heteroatoms. The van der Waals surface area contributed by atoms with Crippen molar-refractivity contribution in [3.8, 4) is 22.6 Å². The van der Waals surface area contributed by atoms with E-state index < -0.39 is 0 Å². The van der Waals surface area contributed by atoms with Gasteiger partial charge in [0.15, 0.2) is 0 Å². The first-order chi connectivity index (χ1) is 12.2. The minimum absolute atomic E-state index is 0.0513. The number of oxazole rings is 1. The first-order valence-corrected chi connectivity index (χ1v) is 8.64. The SMILES string of the molecule is CCCC(=O)Nc1ccc(-c2cc(-c3ncco3)ccc2CC)cc1. The highest BCUT2D eigenvalue weighted by atomic mass is 16.3. The molecule has 0 saturated heterocycles. The number of benzene rings is 2. The summed E-state index contributed by atoms with van der Waals surface area (Å²) in [5.41, 5.74) is 5.31. The fraction of sp³-hybridized carbons (Fsp3) is 0.238. The lowest BCUT2D eigenvalue weighted by atomic mass is 9.95. The predicted molar refractivity (Wildman–Crippen MR) is 100 cm³/mol. The van der Waals surface area contributed by atoms with Crippen molar-refractivity contribution in [2.75, 3.05) is 5.32 Å². The molecule has 0 bridgehead atoms. The molecule has 0 fully saturated rings. The third kappa shape index (κ3) is 3.97. The van der Waals surface area contributed by atoms with Gasteiger partial charge in [0.2, 0.25) is 11.8 Å². The van der Waals surface area contributed by atoms with Crippen LogP contribution in [0.1, 0.15) is 32.3 Å². The summed E-state index contributed by atoms with van der Waals surface area (Å²) in [5, 5.41) is 2.92. The molecule has 4 nitrogen and oxygen atoms in total. The van der Waals surface area contributed by atoms with E-state index >= 15 is 0 Å². The minimum atomic E-state index is 0.0513.